The normalized spacial score (nSPS) is 10.9. The van der Waals surface area contributed by atoms with Gasteiger partial charge >= 0.3 is 0 Å². The maximum Gasteiger partial charge on any atom is 0.233 e. The molecule has 1 N–H and O–H groups in total. The summed E-state index contributed by atoms with van der Waals surface area (Å²) in [5, 5.41) is 7.04. The van der Waals surface area contributed by atoms with E-state index in [1.54, 1.807) is 7.05 Å². The Morgan fingerprint density at radius 2 is 2.24 bits per heavy atom. The summed E-state index contributed by atoms with van der Waals surface area (Å²) in [6.07, 6.45) is 0. The molecular formula is C11H19BrN4O. The van der Waals surface area contributed by atoms with Crippen LogP contribution in [0.4, 0.5) is 0 Å². The van der Waals surface area contributed by atoms with Gasteiger partial charge in [-0.15, -0.1) is 0 Å². The van der Waals surface area contributed by atoms with Crippen LogP contribution in [0.1, 0.15) is 18.3 Å². The van der Waals surface area contributed by atoms with Crippen molar-refractivity contribution >= 4 is 21.8 Å². The van der Waals surface area contributed by atoms with Crippen molar-refractivity contribution in [3.8, 4) is 0 Å². The number of amides is 1. The van der Waals surface area contributed by atoms with Gasteiger partial charge in [-0.3, -0.25) is 14.4 Å². The number of rotatable bonds is 5. The number of hydrogen-bond donors (Lipinski definition) is 1. The van der Waals surface area contributed by atoms with Crippen molar-refractivity contribution < 1.29 is 4.79 Å². The highest BCUT2D eigenvalue weighted by Crippen LogP contribution is 2.22. The summed E-state index contributed by atoms with van der Waals surface area (Å²) in [5.74, 6) is 0.0166. The minimum Gasteiger partial charge on any atom is -0.358 e. The van der Waals surface area contributed by atoms with Crippen molar-refractivity contribution in [2.24, 2.45) is 0 Å². The Kier molecular flexibility index (Phi) is 5.14. The van der Waals surface area contributed by atoms with E-state index in [-0.39, 0.29) is 5.91 Å². The van der Waals surface area contributed by atoms with Crippen LogP contribution in [0.25, 0.3) is 0 Å². The first kappa shape index (κ1) is 14.2. The van der Waals surface area contributed by atoms with Crippen molar-refractivity contribution in [1.29, 1.82) is 0 Å². The van der Waals surface area contributed by atoms with Crippen LogP contribution < -0.4 is 5.32 Å². The second-order valence-electron chi connectivity index (χ2n) is 4.01. The third-order valence-corrected chi connectivity index (χ3v) is 3.60. The van der Waals surface area contributed by atoms with Crippen molar-refractivity contribution in [2.75, 3.05) is 20.6 Å². The monoisotopic (exact) mass is 302 g/mol. The van der Waals surface area contributed by atoms with E-state index < -0.39 is 0 Å². The minimum atomic E-state index is 0.0166. The highest BCUT2D eigenvalue weighted by molar-refractivity contribution is 9.10. The Labute approximate surface area is 110 Å². The summed E-state index contributed by atoms with van der Waals surface area (Å²) in [6, 6.07) is 0. The standard InChI is InChI=1S/C11H19BrN4O/c1-5-16-9(11(12)8(2)14-16)6-15(4)7-10(17)13-3/h5-7H2,1-4H3,(H,13,17). The number of likely N-dealkylation sites (N-methyl/N-ethyl adjacent to an activating group) is 2. The largest absolute Gasteiger partial charge is 0.358 e. The highest BCUT2D eigenvalue weighted by Gasteiger charge is 2.14. The van der Waals surface area contributed by atoms with Crippen molar-refractivity contribution in [3.05, 3.63) is 15.9 Å². The number of hydrogen-bond acceptors (Lipinski definition) is 3. The molecule has 0 aliphatic carbocycles. The molecule has 0 spiro atoms. The van der Waals surface area contributed by atoms with Gasteiger partial charge in [0.05, 0.1) is 22.4 Å². The Morgan fingerprint density at radius 1 is 1.59 bits per heavy atom. The highest BCUT2D eigenvalue weighted by atomic mass is 79.9. The summed E-state index contributed by atoms with van der Waals surface area (Å²) in [5.41, 5.74) is 2.09. The molecule has 0 radical (unpaired) electrons. The summed E-state index contributed by atoms with van der Waals surface area (Å²) >= 11 is 3.54. The predicted octanol–water partition coefficient (Wildman–Crippen LogP) is 1.15. The minimum absolute atomic E-state index is 0.0166. The number of nitrogens with one attached hydrogen (secondary N) is 1. The maximum atomic E-state index is 11.3. The van der Waals surface area contributed by atoms with Crippen molar-refractivity contribution in [3.63, 3.8) is 0 Å². The molecule has 1 heterocycles. The molecule has 0 saturated heterocycles. The van der Waals surface area contributed by atoms with Gasteiger partial charge in [0.15, 0.2) is 0 Å². The first-order valence-electron chi connectivity index (χ1n) is 5.60. The van der Waals surface area contributed by atoms with E-state index in [0.717, 1.165) is 22.4 Å². The van der Waals surface area contributed by atoms with Crippen LogP contribution in [0.5, 0.6) is 0 Å². The summed E-state index contributed by atoms with van der Waals surface area (Å²) in [4.78, 5) is 13.2. The Balaban J connectivity index is 2.76. The van der Waals surface area contributed by atoms with Gasteiger partial charge in [-0.05, 0) is 36.8 Å². The molecule has 0 aliphatic heterocycles. The van der Waals surface area contributed by atoms with Gasteiger partial charge in [-0.2, -0.15) is 5.10 Å². The van der Waals surface area contributed by atoms with Gasteiger partial charge in [-0.1, -0.05) is 0 Å². The number of aryl methyl sites for hydroxylation is 2. The van der Waals surface area contributed by atoms with Gasteiger partial charge in [0.2, 0.25) is 5.91 Å². The van der Waals surface area contributed by atoms with Crippen LogP contribution in [0.2, 0.25) is 0 Å². The van der Waals surface area contributed by atoms with Gasteiger partial charge < -0.3 is 5.32 Å². The number of halogens is 1. The maximum absolute atomic E-state index is 11.3. The molecule has 5 nitrogen and oxygen atoms in total. The number of carbonyl (C=O) groups excluding carboxylic acids is 1. The molecule has 1 aromatic rings. The van der Waals surface area contributed by atoms with E-state index in [0.29, 0.717) is 13.1 Å². The van der Waals surface area contributed by atoms with E-state index in [4.69, 9.17) is 0 Å². The molecule has 0 aliphatic rings. The molecule has 0 atom stereocenters. The van der Waals surface area contributed by atoms with Crippen LogP contribution >= 0.6 is 15.9 Å². The van der Waals surface area contributed by atoms with Gasteiger partial charge in [0.1, 0.15) is 0 Å². The molecule has 6 heteroatoms. The van der Waals surface area contributed by atoms with Crippen LogP contribution in [0, 0.1) is 6.92 Å². The summed E-state index contributed by atoms with van der Waals surface area (Å²) in [7, 11) is 3.57. The fraction of sp³-hybridized carbons (Fsp3) is 0.636. The zero-order valence-electron chi connectivity index (χ0n) is 10.7. The third kappa shape index (κ3) is 3.54. The average Bonchev–Trinajstić information content (AvgIpc) is 2.56. The lowest BCUT2D eigenvalue weighted by molar-refractivity contribution is -0.121. The van der Waals surface area contributed by atoms with Crippen LogP contribution in [0.3, 0.4) is 0 Å². The number of aromatic nitrogens is 2. The summed E-state index contributed by atoms with van der Waals surface area (Å²) in [6.45, 7) is 5.94. The lowest BCUT2D eigenvalue weighted by Gasteiger charge is -2.16. The van der Waals surface area contributed by atoms with E-state index in [2.05, 4.69) is 33.3 Å². The second-order valence-corrected chi connectivity index (χ2v) is 4.80. The Hall–Kier alpha value is -0.880. The van der Waals surface area contributed by atoms with Gasteiger partial charge in [-0.25, -0.2) is 0 Å². The first-order chi connectivity index (χ1) is 7.99. The number of carbonyl (C=O) groups is 1. The molecule has 0 saturated carbocycles. The fourth-order valence-electron chi connectivity index (χ4n) is 1.66. The lowest BCUT2D eigenvalue weighted by atomic mass is 10.3. The first-order valence-corrected chi connectivity index (χ1v) is 6.39. The predicted molar refractivity (Wildman–Crippen MR) is 70.7 cm³/mol. The molecular weight excluding hydrogens is 284 g/mol. The third-order valence-electron chi connectivity index (χ3n) is 2.56. The molecule has 0 aromatic carbocycles. The second kappa shape index (κ2) is 6.16. The molecule has 0 bridgehead atoms. The van der Waals surface area contributed by atoms with E-state index in [1.165, 1.54) is 0 Å². The van der Waals surface area contributed by atoms with E-state index in [1.807, 2.05) is 23.6 Å². The van der Waals surface area contributed by atoms with Crippen LogP contribution in [-0.2, 0) is 17.9 Å². The van der Waals surface area contributed by atoms with E-state index >= 15 is 0 Å². The zero-order chi connectivity index (χ0) is 13.0. The van der Waals surface area contributed by atoms with Crippen molar-refractivity contribution in [1.82, 2.24) is 20.0 Å². The quantitative estimate of drug-likeness (QED) is 0.888. The van der Waals surface area contributed by atoms with Gasteiger partial charge in [0, 0.05) is 20.1 Å². The zero-order valence-corrected chi connectivity index (χ0v) is 12.3. The molecule has 1 amide bonds. The molecule has 17 heavy (non-hydrogen) atoms. The summed E-state index contributed by atoms with van der Waals surface area (Å²) < 4.78 is 2.99. The van der Waals surface area contributed by atoms with E-state index in [9.17, 15) is 4.79 Å². The number of nitrogens with zero attached hydrogens (tertiary/aromatic N) is 3. The van der Waals surface area contributed by atoms with Gasteiger partial charge in [0.25, 0.3) is 0 Å². The fourth-order valence-corrected chi connectivity index (χ4v) is 2.07. The molecule has 0 fully saturated rings. The molecule has 0 unspecified atom stereocenters. The van der Waals surface area contributed by atoms with Crippen molar-refractivity contribution in [2.45, 2.75) is 26.9 Å². The lowest BCUT2D eigenvalue weighted by Crippen LogP contribution is -2.33. The molecule has 1 rings (SSSR count). The Morgan fingerprint density at radius 3 is 2.76 bits per heavy atom. The Bertz CT molecular complexity index is 402. The topological polar surface area (TPSA) is 50.2 Å². The average molecular weight is 303 g/mol. The van der Waals surface area contributed by atoms with Crippen LogP contribution in [-0.4, -0.2) is 41.2 Å². The van der Waals surface area contributed by atoms with Crippen LogP contribution in [0.15, 0.2) is 4.47 Å². The smallest absolute Gasteiger partial charge is 0.233 e. The molecule has 96 valence electrons. The molecule has 1 aromatic heterocycles. The SMILES string of the molecule is CCn1nc(C)c(Br)c1CN(C)CC(=O)NC.